The van der Waals surface area contributed by atoms with Gasteiger partial charge in [-0.05, 0) is 25.1 Å². The van der Waals surface area contributed by atoms with E-state index in [-0.39, 0.29) is 23.8 Å². The van der Waals surface area contributed by atoms with Gasteiger partial charge in [0.25, 0.3) is 5.91 Å². The van der Waals surface area contributed by atoms with E-state index in [0.29, 0.717) is 58.0 Å². The molecule has 8 nitrogen and oxygen atoms in total. The monoisotopic (exact) mass is 430 g/mol. The molecule has 2 aliphatic heterocycles. The maximum Gasteiger partial charge on any atom is 0.311 e. The number of carbonyl (C=O) groups is 2. The van der Waals surface area contributed by atoms with Gasteiger partial charge in [-0.3, -0.25) is 19.4 Å². The van der Waals surface area contributed by atoms with Crippen molar-refractivity contribution in [1.29, 1.82) is 0 Å². The number of piperazine rings is 1. The first kappa shape index (κ1) is 21.5. The molecule has 9 heteroatoms. The Kier molecular flexibility index (Phi) is 6.62. The molecule has 0 bridgehead atoms. The number of hydrogen-bond donors (Lipinski definition) is 0. The summed E-state index contributed by atoms with van der Waals surface area (Å²) in [6.45, 7) is 6.25. The number of halogens is 1. The highest BCUT2D eigenvalue weighted by Crippen LogP contribution is 2.22. The van der Waals surface area contributed by atoms with Crippen molar-refractivity contribution in [2.24, 2.45) is 5.92 Å². The molecule has 1 amide bonds. The predicted octanol–water partition coefficient (Wildman–Crippen LogP) is 1.64. The molecule has 2 fully saturated rings. The van der Waals surface area contributed by atoms with Crippen LogP contribution in [0.3, 0.4) is 0 Å². The fraction of sp³-hybridized carbons (Fsp3) is 0.500. The molecule has 0 aromatic carbocycles. The van der Waals surface area contributed by atoms with Gasteiger partial charge < -0.3 is 14.1 Å². The van der Waals surface area contributed by atoms with Crippen LogP contribution in [0.2, 0.25) is 0 Å². The van der Waals surface area contributed by atoms with Crippen molar-refractivity contribution in [2.75, 3.05) is 45.9 Å². The second-order valence-electron chi connectivity index (χ2n) is 7.99. The predicted molar refractivity (Wildman–Crippen MR) is 110 cm³/mol. The van der Waals surface area contributed by atoms with Gasteiger partial charge in [0.1, 0.15) is 5.76 Å². The fourth-order valence-corrected chi connectivity index (χ4v) is 4.40. The van der Waals surface area contributed by atoms with Gasteiger partial charge in [0.15, 0.2) is 0 Å². The first-order chi connectivity index (χ1) is 15.0. The minimum Gasteiger partial charge on any atom is -0.468 e. The normalized spacial score (nSPS) is 22.6. The van der Waals surface area contributed by atoms with Crippen molar-refractivity contribution >= 4 is 11.9 Å². The highest BCUT2D eigenvalue weighted by molar-refractivity contribution is 5.94. The molecule has 0 saturated carbocycles. The Bertz CT molecular complexity index is 907. The van der Waals surface area contributed by atoms with Crippen LogP contribution in [-0.2, 0) is 16.1 Å². The number of hydrogen-bond acceptors (Lipinski definition) is 7. The van der Waals surface area contributed by atoms with Gasteiger partial charge in [-0.2, -0.15) is 4.39 Å². The molecule has 2 atom stereocenters. The van der Waals surface area contributed by atoms with Crippen molar-refractivity contribution in [3.05, 3.63) is 54.0 Å². The molecular formula is C22H27FN4O4. The molecule has 31 heavy (non-hydrogen) atoms. The molecule has 0 spiro atoms. The number of amides is 1. The highest BCUT2D eigenvalue weighted by Gasteiger charge is 2.38. The fourth-order valence-electron chi connectivity index (χ4n) is 4.40. The van der Waals surface area contributed by atoms with E-state index in [2.05, 4.69) is 14.8 Å². The third-order valence-electron chi connectivity index (χ3n) is 5.85. The van der Waals surface area contributed by atoms with Gasteiger partial charge in [0.05, 0.1) is 25.3 Å². The summed E-state index contributed by atoms with van der Waals surface area (Å²) >= 11 is 0. The molecule has 4 rings (SSSR count). The third kappa shape index (κ3) is 5.11. The second kappa shape index (κ2) is 9.57. The molecular weight excluding hydrogens is 403 g/mol. The molecule has 4 heterocycles. The third-order valence-corrected chi connectivity index (χ3v) is 5.85. The van der Waals surface area contributed by atoms with Crippen molar-refractivity contribution in [3.63, 3.8) is 0 Å². The maximum atomic E-state index is 13.5. The number of rotatable bonds is 5. The Morgan fingerprint density at radius 1 is 1.23 bits per heavy atom. The van der Waals surface area contributed by atoms with Gasteiger partial charge in [-0.1, -0.05) is 0 Å². The molecule has 2 saturated heterocycles. The Morgan fingerprint density at radius 2 is 2.10 bits per heavy atom. The van der Waals surface area contributed by atoms with Crippen LogP contribution in [0.25, 0.3) is 0 Å². The van der Waals surface area contributed by atoms with E-state index < -0.39 is 5.95 Å². The first-order valence-corrected chi connectivity index (χ1v) is 10.6. The van der Waals surface area contributed by atoms with Crippen molar-refractivity contribution in [3.8, 4) is 0 Å². The standard InChI is InChI=1S/C22H27FN4O4/c1-2-30-22(29)17-11-25(15-19-4-3-9-31-19)13-18-14-27(8-7-26(18)12-17)21(28)16-5-6-24-20(23)10-16/h3-6,9-10,17-18H,2,7-8,11-15H2,1H3/t17-,18+/m0/s1. The number of pyridine rings is 1. The van der Waals surface area contributed by atoms with Crippen molar-refractivity contribution < 1.29 is 23.1 Å². The number of fused-ring (bicyclic) bond motifs is 1. The molecule has 0 aliphatic carbocycles. The summed E-state index contributed by atoms with van der Waals surface area (Å²) in [6.07, 6.45) is 2.94. The Hall–Kier alpha value is -2.78. The van der Waals surface area contributed by atoms with Crippen molar-refractivity contribution in [1.82, 2.24) is 19.7 Å². The number of ether oxygens (including phenoxy) is 1. The van der Waals surface area contributed by atoms with E-state index in [0.717, 1.165) is 5.76 Å². The van der Waals surface area contributed by atoms with Gasteiger partial charge >= 0.3 is 5.97 Å². The number of esters is 1. The number of furan rings is 1. The van der Waals surface area contributed by atoms with Crippen LogP contribution in [0, 0.1) is 11.9 Å². The summed E-state index contributed by atoms with van der Waals surface area (Å²) in [5.41, 5.74) is 0.298. The van der Waals surface area contributed by atoms with E-state index in [1.165, 1.54) is 18.3 Å². The zero-order chi connectivity index (χ0) is 21.8. The van der Waals surface area contributed by atoms with E-state index in [1.807, 2.05) is 19.1 Å². The molecule has 0 radical (unpaired) electrons. The summed E-state index contributed by atoms with van der Waals surface area (Å²) < 4.78 is 24.3. The minimum atomic E-state index is -0.666. The quantitative estimate of drug-likeness (QED) is 0.527. The van der Waals surface area contributed by atoms with Crippen LogP contribution in [0.1, 0.15) is 23.0 Å². The molecule has 0 N–H and O–H groups in total. The zero-order valence-electron chi connectivity index (χ0n) is 17.6. The molecule has 2 aromatic heterocycles. The van der Waals surface area contributed by atoms with Gasteiger partial charge in [0, 0.05) is 63.1 Å². The average molecular weight is 430 g/mol. The number of carbonyl (C=O) groups excluding carboxylic acids is 2. The minimum absolute atomic E-state index is 0.0544. The van der Waals surface area contributed by atoms with Crippen LogP contribution in [0.5, 0.6) is 0 Å². The lowest BCUT2D eigenvalue weighted by Crippen LogP contribution is -2.57. The molecule has 0 unspecified atom stereocenters. The Labute approximate surface area is 180 Å². The van der Waals surface area contributed by atoms with E-state index in [1.54, 1.807) is 11.2 Å². The summed E-state index contributed by atoms with van der Waals surface area (Å²) in [5, 5.41) is 0. The summed E-state index contributed by atoms with van der Waals surface area (Å²) in [6, 6.07) is 6.51. The topological polar surface area (TPSA) is 79.1 Å². The van der Waals surface area contributed by atoms with E-state index >= 15 is 0 Å². The number of aromatic nitrogens is 1. The average Bonchev–Trinajstić information content (AvgIpc) is 3.19. The molecule has 2 aliphatic rings. The van der Waals surface area contributed by atoms with Gasteiger partial charge in [0.2, 0.25) is 5.95 Å². The highest BCUT2D eigenvalue weighted by atomic mass is 19.1. The van der Waals surface area contributed by atoms with Crippen LogP contribution >= 0.6 is 0 Å². The molecule has 166 valence electrons. The molecule has 2 aromatic rings. The number of nitrogens with zero attached hydrogens (tertiary/aromatic N) is 4. The smallest absolute Gasteiger partial charge is 0.311 e. The van der Waals surface area contributed by atoms with E-state index in [9.17, 15) is 14.0 Å². The first-order valence-electron chi connectivity index (χ1n) is 10.6. The summed E-state index contributed by atoms with van der Waals surface area (Å²) in [4.78, 5) is 35.2. The largest absolute Gasteiger partial charge is 0.468 e. The van der Waals surface area contributed by atoms with Crippen LogP contribution in [0.15, 0.2) is 41.1 Å². The lowest BCUT2D eigenvalue weighted by Gasteiger charge is -2.41. The lowest BCUT2D eigenvalue weighted by atomic mass is 10.1. The van der Waals surface area contributed by atoms with Crippen LogP contribution < -0.4 is 0 Å². The summed E-state index contributed by atoms with van der Waals surface area (Å²) in [5.74, 6) is -0.507. The second-order valence-corrected chi connectivity index (χ2v) is 7.99. The van der Waals surface area contributed by atoms with Crippen molar-refractivity contribution in [2.45, 2.75) is 19.5 Å². The summed E-state index contributed by atoms with van der Waals surface area (Å²) in [7, 11) is 0. The Morgan fingerprint density at radius 3 is 2.84 bits per heavy atom. The van der Waals surface area contributed by atoms with Crippen LogP contribution in [0.4, 0.5) is 4.39 Å². The lowest BCUT2D eigenvalue weighted by molar-refractivity contribution is -0.149. The van der Waals surface area contributed by atoms with E-state index in [4.69, 9.17) is 9.15 Å². The maximum absolute atomic E-state index is 13.5. The zero-order valence-corrected chi connectivity index (χ0v) is 17.6. The van der Waals surface area contributed by atoms with Crippen LogP contribution in [-0.4, -0.2) is 83.5 Å². The van der Waals surface area contributed by atoms with Gasteiger partial charge in [-0.15, -0.1) is 0 Å². The Balaban J connectivity index is 1.50. The SMILES string of the molecule is CCOC(=O)[C@H]1CN(Cc2ccco2)C[C@@H]2CN(C(=O)c3ccnc(F)c3)CCN2C1. The van der Waals surface area contributed by atoms with Gasteiger partial charge in [-0.25, -0.2) is 4.98 Å².